The molecule has 0 saturated carbocycles. The van der Waals surface area contributed by atoms with Gasteiger partial charge in [0.05, 0.1) is 6.21 Å². The first-order valence-corrected chi connectivity index (χ1v) is 9.71. The van der Waals surface area contributed by atoms with Crippen LogP contribution in [0.1, 0.15) is 12.5 Å². The average molecular weight is 451 g/mol. The van der Waals surface area contributed by atoms with E-state index in [0.29, 0.717) is 11.5 Å². The molecular weight excluding hydrogens is 432 g/mol. The predicted molar refractivity (Wildman–Crippen MR) is 118 cm³/mol. The lowest BCUT2D eigenvalue weighted by Crippen LogP contribution is -2.33. The van der Waals surface area contributed by atoms with Crippen LogP contribution in [0.25, 0.3) is 10.8 Å². The number of hydrogen-bond acceptors (Lipinski definition) is 4. The fourth-order valence-electron chi connectivity index (χ4n) is 2.63. The number of hydrazone groups is 1. The Bertz CT molecular complexity index is 1080. The Morgan fingerprint density at radius 1 is 1.24 bits per heavy atom. The van der Waals surface area contributed by atoms with Crippen molar-refractivity contribution in [3.8, 4) is 23.8 Å². The molecule has 0 spiro atoms. The average Bonchev–Trinajstić information content (AvgIpc) is 2.74. The number of carbonyl (C=O) groups is 1. The lowest BCUT2D eigenvalue weighted by Gasteiger charge is -2.14. The highest BCUT2D eigenvalue weighted by Crippen LogP contribution is 2.26. The highest BCUT2D eigenvalue weighted by Gasteiger charge is 2.15. The zero-order chi connectivity index (χ0) is 20.6. The van der Waals surface area contributed by atoms with E-state index in [4.69, 9.17) is 15.9 Å². The topological polar surface area (TPSA) is 59.9 Å². The van der Waals surface area contributed by atoms with Crippen molar-refractivity contribution >= 4 is 38.8 Å². The Morgan fingerprint density at radius 2 is 2.03 bits per heavy atom. The molecule has 29 heavy (non-hydrogen) atoms. The standard InChI is InChI=1S/C23H19BrN2O3/c1-3-13-28-19-11-12-21(24)18(14-19)15-25-26-23(27)16(2)29-22-10-6-8-17-7-4-5-9-20(17)22/h1,4-12,14-16H,13H2,2H3,(H,26,27). The number of nitrogens with one attached hydrogen (secondary N) is 1. The Morgan fingerprint density at radius 3 is 2.86 bits per heavy atom. The molecule has 0 fully saturated rings. The van der Waals surface area contributed by atoms with Crippen LogP contribution in [0.5, 0.6) is 11.5 Å². The molecule has 6 heteroatoms. The molecule has 3 aromatic rings. The molecule has 0 aliphatic rings. The van der Waals surface area contributed by atoms with E-state index in [1.165, 1.54) is 6.21 Å². The van der Waals surface area contributed by atoms with Crippen molar-refractivity contribution in [1.29, 1.82) is 0 Å². The quantitative estimate of drug-likeness (QED) is 0.326. The highest BCUT2D eigenvalue weighted by molar-refractivity contribution is 9.10. The van der Waals surface area contributed by atoms with E-state index in [9.17, 15) is 4.79 Å². The third-order valence-electron chi connectivity index (χ3n) is 4.09. The van der Waals surface area contributed by atoms with Crippen LogP contribution in [0.4, 0.5) is 0 Å². The second-order valence-corrected chi connectivity index (χ2v) is 7.00. The molecule has 0 aliphatic heterocycles. The zero-order valence-corrected chi connectivity index (χ0v) is 17.3. The smallest absolute Gasteiger partial charge is 0.280 e. The second-order valence-electron chi connectivity index (χ2n) is 6.15. The van der Waals surface area contributed by atoms with Gasteiger partial charge in [0.2, 0.25) is 0 Å². The summed E-state index contributed by atoms with van der Waals surface area (Å²) in [5, 5.41) is 6.02. The van der Waals surface area contributed by atoms with Gasteiger partial charge in [-0.25, -0.2) is 5.43 Å². The normalized spacial score (nSPS) is 11.8. The minimum atomic E-state index is -0.716. The van der Waals surface area contributed by atoms with Crippen molar-refractivity contribution in [3.05, 3.63) is 70.7 Å². The van der Waals surface area contributed by atoms with Crippen molar-refractivity contribution in [1.82, 2.24) is 5.43 Å². The van der Waals surface area contributed by atoms with Crippen molar-refractivity contribution in [2.24, 2.45) is 5.10 Å². The summed E-state index contributed by atoms with van der Waals surface area (Å²) in [6.07, 6.45) is 6.01. The van der Waals surface area contributed by atoms with Gasteiger partial charge in [-0.15, -0.1) is 6.42 Å². The summed E-state index contributed by atoms with van der Waals surface area (Å²) in [7, 11) is 0. The Balaban J connectivity index is 1.64. The van der Waals surface area contributed by atoms with Gasteiger partial charge in [0.1, 0.15) is 18.1 Å². The molecule has 1 unspecified atom stereocenters. The van der Waals surface area contributed by atoms with E-state index in [0.717, 1.165) is 20.8 Å². The van der Waals surface area contributed by atoms with E-state index in [-0.39, 0.29) is 12.5 Å². The molecule has 1 N–H and O–H groups in total. The maximum atomic E-state index is 12.4. The first-order valence-electron chi connectivity index (χ1n) is 8.91. The van der Waals surface area contributed by atoms with Gasteiger partial charge >= 0.3 is 0 Å². The minimum Gasteiger partial charge on any atom is -0.481 e. The van der Waals surface area contributed by atoms with E-state index >= 15 is 0 Å². The van der Waals surface area contributed by atoms with Crippen LogP contribution >= 0.6 is 15.9 Å². The lowest BCUT2D eigenvalue weighted by molar-refractivity contribution is -0.127. The van der Waals surface area contributed by atoms with Crippen LogP contribution in [-0.2, 0) is 4.79 Å². The Labute approximate surface area is 177 Å². The van der Waals surface area contributed by atoms with Crippen LogP contribution < -0.4 is 14.9 Å². The molecule has 0 aliphatic carbocycles. The van der Waals surface area contributed by atoms with Gasteiger partial charge < -0.3 is 9.47 Å². The molecule has 3 rings (SSSR count). The molecule has 3 aromatic carbocycles. The number of carbonyl (C=O) groups excluding carboxylic acids is 1. The van der Waals surface area contributed by atoms with E-state index in [2.05, 4.69) is 32.4 Å². The SMILES string of the molecule is C#CCOc1ccc(Br)c(C=NNC(=O)C(C)Oc2cccc3ccccc23)c1. The van der Waals surface area contributed by atoms with Crippen LogP contribution in [0.3, 0.4) is 0 Å². The number of terminal acetylenes is 1. The third-order valence-corrected chi connectivity index (χ3v) is 4.81. The summed E-state index contributed by atoms with van der Waals surface area (Å²) in [4.78, 5) is 12.4. The summed E-state index contributed by atoms with van der Waals surface area (Å²) >= 11 is 3.44. The first kappa shape index (κ1) is 20.4. The van der Waals surface area contributed by atoms with Crippen LogP contribution in [0, 0.1) is 12.3 Å². The van der Waals surface area contributed by atoms with E-state index in [1.54, 1.807) is 19.1 Å². The lowest BCUT2D eigenvalue weighted by atomic mass is 10.1. The number of amides is 1. The van der Waals surface area contributed by atoms with Gasteiger partial charge in [-0.1, -0.05) is 58.2 Å². The first-order chi connectivity index (χ1) is 14.1. The summed E-state index contributed by atoms with van der Waals surface area (Å²) in [5.74, 6) is 3.32. The van der Waals surface area contributed by atoms with Crippen molar-refractivity contribution < 1.29 is 14.3 Å². The van der Waals surface area contributed by atoms with Crippen LogP contribution in [0.2, 0.25) is 0 Å². The largest absolute Gasteiger partial charge is 0.481 e. The maximum absolute atomic E-state index is 12.4. The summed E-state index contributed by atoms with van der Waals surface area (Å²) in [6, 6.07) is 19.0. The van der Waals surface area contributed by atoms with Gasteiger partial charge in [-0.2, -0.15) is 5.10 Å². The van der Waals surface area contributed by atoms with Crippen molar-refractivity contribution in [2.45, 2.75) is 13.0 Å². The second kappa shape index (κ2) is 9.76. The fourth-order valence-corrected chi connectivity index (χ4v) is 2.98. The van der Waals surface area contributed by atoms with Gasteiger partial charge in [0, 0.05) is 15.4 Å². The number of rotatable bonds is 7. The zero-order valence-electron chi connectivity index (χ0n) is 15.8. The molecule has 5 nitrogen and oxygen atoms in total. The van der Waals surface area contributed by atoms with Crippen LogP contribution in [0.15, 0.2) is 70.2 Å². The number of fused-ring (bicyclic) bond motifs is 1. The number of hydrogen-bond donors (Lipinski definition) is 1. The van der Waals surface area contributed by atoms with Crippen LogP contribution in [-0.4, -0.2) is 24.8 Å². The molecule has 1 atom stereocenters. The molecule has 0 bridgehead atoms. The summed E-state index contributed by atoms with van der Waals surface area (Å²) < 4.78 is 12.0. The third kappa shape index (κ3) is 5.37. The molecule has 0 aromatic heterocycles. The molecule has 1 amide bonds. The molecule has 0 heterocycles. The number of halogens is 1. The Kier molecular flexibility index (Phi) is 6.88. The fraction of sp³-hybridized carbons (Fsp3) is 0.130. The molecule has 0 saturated heterocycles. The summed E-state index contributed by atoms with van der Waals surface area (Å²) in [6.45, 7) is 1.86. The monoisotopic (exact) mass is 450 g/mol. The van der Waals surface area contributed by atoms with Crippen molar-refractivity contribution in [2.75, 3.05) is 6.61 Å². The van der Waals surface area contributed by atoms with E-state index in [1.807, 2.05) is 48.5 Å². The maximum Gasteiger partial charge on any atom is 0.280 e. The Hall–Kier alpha value is -3.30. The predicted octanol–water partition coefficient (Wildman–Crippen LogP) is 4.53. The number of ether oxygens (including phenoxy) is 2. The van der Waals surface area contributed by atoms with Gasteiger partial charge in [-0.3, -0.25) is 4.79 Å². The molecular formula is C23H19BrN2O3. The number of benzene rings is 3. The van der Waals surface area contributed by atoms with Gasteiger partial charge in [0.25, 0.3) is 5.91 Å². The van der Waals surface area contributed by atoms with Crippen molar-refractivity contribution in [3.63, 3.8) is 0 Å². The van der Waals surface area contributed by atoms with E-state index < -0.39 is 6.10 Å². The molecule has 146 valence electrons. The molecule has 0 radical (unpaired) electrons. The van der Waals surface area contributed by atoms with Gasteiger partial charge in [-0.05, 0) is 36.6 Å². The van der Waals surface area contributed by atoms with Gasteiger partial charge in [0.15, 0.2) is 6.10 Å². The summed E-state index contributed by atoms with van der Waals surface area (Å²) in [5.41, 5.74) is 3.24. The number of nitrogens with zero attached hydrogens (tertiary/aromatic N) is 1. The highest BCUT2D eigenvalue weighted by atomic mass is 79.9. The minimum absolute atomic E-state index is 0.179.